The molecule has 1 aliphatic rings. The molecule has 7 nitrogen and oxygen atoms in total. The van der Waals surface area contributed by atoms with E-state index in [1.807, 2.05) is 19.1 Å². The van der Waals surface area contributed by atoms with Gasteiger partial charge in [0.05, 0.1) is 15.9 Å². The Hall–Kier alpha value is -2.62. The molecule has 1 saturated heterocycles. The Balaban J connectivity index is 1.11. The fourth-order valence-electron chi connectivity index (χ4n) is 4.10. The zero-order valence-corrected chi connectivity index (χ0v) is 19.6. The lowest BCUT2D eigenvalue weighted by Crippen LogP contribution is -2.47. The fraction of sp³-hybridized carbons (Fsp3) is 0.348. The zero-order chi connectivity index (χ0) is 22.1. The van der Waals surface area contributed by atoms with E-state index in [1.165, 1.54) is 16.7 Å². The SMILES string of the molecule is Cc1c(N)sc2nc(SCCCN3CCN(c4ccc5ccccc5n4)CC3)[nH]c(=O)c12. The number of nitrogens with two attached hydrogens (primary N) is 1. The average Bonchev–Trinajstić information content (AvgIpc) is 3.10. The summed E-state index contributed by atoms with van der Waals surface area (Å²) in [7, 11) is 0. The highest BCUT2D eigenvalue weighted by Crippen LogP contribution is 2.30. The summed E-state index contributed by atoms with van der Waals surface area (Å²) in [6.07, 6.45) is 1.05. The fourth-order valence-corrected chi connectivity index (χ4v) is 5.89. The largest absolute Gasteiger partial charge is 0.390 e. The van der Waals surface area contributed by atoms with Gasteiger partial charge in [0.15, 0.2) is 5.16 Å². The normalized spacial score (nSPS) is 15.1. The minimum Gasteiger partial charge on any atom is -0.390 e. The van der Waals surface area contributed by atoms with Gasteiger partial charge in [0.25, 0.3) is 5.56 Å². The van der Waals surface area contributed by atoms with E-state index >= 15 is 0 Å². The first-order valence-corrected chi connectivity index (χ1v) is 12.6. The van der Waals surface area contributed by atoms with Crippen LogP contribution in [0.5, 0.6) is 0 Å². The number of pyridine rings is 1. The topological polar surface area (TPSA) is 91.1 Å². The van der Waals surface area contributed by atoms with Crippen LogP contribution in [0, 0.1) is 6.92 Å². The molecule has 0 bridgehead atoms. The predicted molar refractivity (Wildman–Crippen MR) is 135 cm³/mol. The zero-order valence-electron chi connectivity index (χ0n) is 18.0. The van der Waals surface area contributed by atoms with Crippen molar-refractivity contribution in [2.24, 2.45) is 0 Å². The van der Waals surface area contributed by atoms with Crippen molar-refractivity contribution in [2.45, 2.75) is 18.5 Å². The number of H-pyrrole nitrogens is 1. The summed E-state index contributed by atoms with van der Waals surface area (Å²) in [6, 6.07) is 12.5. The van der Waals surface area contributed by atoms with Gasteiger partial charge in [-0.2, -0.15) is 0 Å². The number of piperazine rings is 1. The van der Waals surface area contributed by atoms with E-state index in [2.05, 4.69) is 44.0 Å². The summed E-state index contributed by atoms with van der Waals surface area (Å²) in [5.41, 5.74) is 7.74. The molecule has 3 aromatic heterocycles. The van der Waals surface area contributed by atoms with Crippen LogP contribution in [0.4, 0.5) is 10.8 Å². The van der Waals surface area contributed by atoms with Gasteiger partial charge in [0, 0.05) is 37.3 Å². The first kappa shape index (κ1) is 21.2. The summed E-state index contributed by atoms with van der Waals surface area (Å²) >= 11 is 2.99. The van der Waals surface area contributed by atoms with Crippen LogP contribution in [0.3, 0.4) is 0 Å². The Labute approximate surface area is 194 Å². The number of benzene rings is 1. The second kappa shape index (κ2) is 9.09. The first-order chi connectivity index (χ1) is 15.6. The van der Waals surface area contributed by atoms with Crippen LogP contribution in [0.2, 0.25) is 0 Å². The number of nitrogens with one attached hydrogen (secondary N) is 1. The van der Waals surface area contributed by atoms with Crippen molar-refractivity contribution in [3.8, 4) is 0 Å². The minimum atomic E-state index is -0.0960. The number of aryl methyl sites for hydroxylation is 1. The predicted octanol–water partition coefficient (Wildman–Crippen LogP) is 3.73. The van der Waals surface area contributed by atoms with Crippen molar-refractivity contribution >= 4 is 55.0 Å². The maximum absolute atomic E-state index is 12.4. The molecular weight excluding hydrogens is 440 g/mol. The molecule has 1 aliphatic heterocycles. The number of aromatic amines is 1. The lowest BCUT2D eigenvalue weighted by Gasteiger charge is -2.35. The number of rotatable bonds is 6. The van der Waals surface area contributed by atoms with Crippen molar-refractivity contribution in [1.82, 2.24) is 19.9 Å². The molecule has 1 aromatic carbocycles. The third-order valence-electron chi connectivity index (χ3n) is 5.95. The Kier molecular flexibility index (Phi) is 6.03. The van der Waals surface area contributed by atoms with Crippen molar-refractivity contribution < 1.29 is 0 Å². The van der Waals surface area contributed by atoms with Gasteiger partial charge in [-0.05, 0) is 43.7 Å². The quantitative estimate of drug-likeness (QED) is 0.254. The van der Waals surface area contributed by atoms with Gasteiger partial charge < -0.3 is 15.6 Å². The number of thiophene rings is 1. The molecule has 166 valence electrons. The van der Waals surface area contributed by atoms with E-state index in [0.717, 1.165) is 66.6 Å². The third kappa shape index (κ3) is 4.32. The van der Waals surface area contributed by atoms with Crippen molar-refractivity contribution in [1.29, 1.82) is 0 Å². The van der Waals surface area contributed by atoms with Gasteiger partial charge >= 0.3 is 0 Å². The highest BCUT2D eigenvalue weighted by Gasteiger charge is 2.18. The van der Waals surface area contributed by atoms with E-state index in [1.54, 1.807) is 11.8 Å². The molecule has 0 saturated carbocycles. The van der Waals surface area contributed by atoms with Crippen LogP contribution in [0.1, 0.15) is 12.0 Å². The summed E-state index contributed by atoms with van der Waals surface area (Å²) in [5.74, 6) is 1.98. The number of fused-ring (bicyclic) bond motifs is 2. The standard InChI is InChI=1S/C23H26N6OS2/c1-15-19-21(30)26-23(27-22(19)32-20(15)24)31-14-4-9-28-10-12-29(13-11-28)18-8-7-16-5-2-3-6-17(16)25-18/h2-3,5-8H,4,9-14,24H2,1H3,(H,26,27,30). The van der Waals surface area contributed by atoms with Crippen LogP contribution < -0.4 is 16.2 Å². The number of hydrogen-bond donors (Lipinski definition) is 2. The van der Waals surface area contributed by atoms with E-state index in [0.29, 0.717) is 15.5 Å². The van der Waals surface area contributed by atoms with Crippen LogP contribution in [-0.2, 0) is 0 Å². The number of thioether (sulfide) groups is 1. The molecule has 32 heavy (non-hydrogen) atoms. The highest BCUT2D eigenvalue weighted by atomic mass is 32.2. The molecule has 5 rings (SSSR count). The van der Waals surface area contributed by atoms with Gasteiger partial charge in [-0.3, -0.25) is 9.69 Å². The Morgan fingerprint density at radius 2 is 1.94 bits per heavy atom. The number of nitrogens with zero attached hydrogens (tertiary/aromatic N) is 4. The number of nitrogen functional groups attached to an aromatic ring is 1. The van der Waals surface area contributed by atoms with Gasteiger partial charge in [0.2, 0.25) is 0 Å². The van der Waals surface area contributed by atoms with Crippen molar-refractivity contribution in [2.75, 3.05) is 49.1 Å². The summed E-state index contributed by atoms with van der Waals surface area (Å²) in [4.78, 5) is 30.3. The highest BCUT2D eigenvalue weighted by molar-refractivity contribution is 7.99. The molecule has 0 amide bonds. The minimum absolute atomic E-state index is 0.0960. The molecule has 0 spiro atoms. The van der Waals surface area contributed by atoms with E-state index in [9.17, 15) is 4.79 Å². The van der Waals surface area contributed by atoms with Gasteiger partial charge in [-0.1, -0.05) is 41.3 Å². The first-order valence-electron chi connectivity index (χ1n) is 10.8. The molecule has 0 atom stereocenters. The second-order valence-electron chi connectivity index (χ2n) is 8.04. The van der Waals surface area contributed by atoms with Gasteiger partial charge in [0.1, 0.15) is 10.6 Å². The Morgan fingerprint density at radius 3 is 2.78 bits per heavy atom. The molecule has 0 unspecified atom stereocenters. The van der Waals surface area contributed by atoms with Crippen LogP contribution in [0.25, 0.3) is 21.1 Å². The van der Waals surface area contributed by atoms with Crippen molar-refractivity contribution in [3.63, 3.8) is 0 Å². The maximum atomic E-state index is 12.4. The maximum Gasteiger partial charge on any atom is 0.260 e. The Bertz CT molecular complexity index is 1310. The number of aromatic nitrogens is 3. The summed E-state index contributed by atoms with van der Waals surface area (Å²) in [6.45, 7) is 6.96. The molecule has 0 radical (unpaired) electrons. The average molecular weight is 467 g/mol. The van der Waals surface area contributed by atoms with Crippen molar-refractivity contribution in [3.05, 3.63) is 52.3 Å². The smallest absolute Gasteiger partial charge is 0.260 e. The number of para-hydroxylation sites is 1. The lowest BCUT2D eigenvalue weighted by atomic mass is 10.2. The number of hydrogen-bond acceptors (Lipinski definition) is 8. The van der Waals surface area contributed by atoms with E-state index < -0.39 is 0 Å². The molecule has 9 heteroatoms. The van der Waals surface area contributed by atoms with Crippen LogP contribution in [0.15, 0.2) is 46.3 Å². The van der Waals surface area contributed by atoms with Crippen LogP contribution in [-0.4, -0.2) is 58.3 Å². The summed E-state index contributed by atoms with van der Waals surface area (Å²) < 4.78 is 0. The number of anilines is 2. The molecule has 1 fully saturated rings. The molecule has 0 aliphatic carbocycles. The third-order valence-corrected chi connectivity index (χ3v) is 7.93. The second-order valence-corrected chi connectivity index (χ2v) is 10.1. The molecular formula is C23H26N6OS2. The van der Waals surface area contributed by atoms with Crippen LogP contribution >= 0.6 is 23.1 Å². The summed E-state index contributed by atoms with van der Waals surface area (Å²) in [5, 5.41) is 3.14. The molecule has 4 heterocycles. The van der Waals surface area contributed by atoms with E-state index in [-0.39, 0.29) is 5.56 Å². The lowest BCUT2D eigenvalue weighted by molar-refractivity contribution is 0.258. The monoisotopic (exact) mass is 466 g/mol. The van der Waals surface area contributed by atoms with E-state index in [4.69, 9.17) is 10.7 Å². The Morgan fingerprint density at radius 1 is 1.12 bits per heavy atom. The molecule has 4 aromatic rings. The van der Waals surface area contributed by atoms with Gasteiger partial charge in [-0.25, -0.2) is 9.97 Å². The van der Waals surface area contributed by atoms with Gasteiger partial charge in [-0.15, -0.1) is 0 Å². The molecule has 3 N–H and O–H groups in total.